The Kier molecular flexibility index (Phi) is 9.87. The van der Waals surface area contributed by atoms with Gasteiger partial charge in [0.15, 0.2) is 15.6 Å². The molecule has 0 aromatic heterocycles. The Balaban J connectivity index is 2.83. The Morgan fingerprint density at radius 2 is 1.74 bits per heavy atom. The standard InChI is InChI=1S/C20H26N2O8S/c1-4-31(28,29)12-16(23)15(10-17(24)25)21-19(26)18(13(2)3)22-20(27)30-11-14-8-6-5-7-9-14/h4-9,13,15,18H,1,10-12H2,2-3H3,(H,21,26)(H,22,27)(H,24,25)/t15-,18-/m0/s1. The predicted molar refractivity (Wildman–Crippen MR) is 112 cm³/mol. The van der Waals surface area contributed by atoms with Crippen LogP contribution in [-0.2, 0) is 35.6 Å². The van der Waals surface area contributed by atoms with Crippen LogP contribution in [0.2, 0.25) is 0 Å². The molecule has 0 radical (unpaired) electrons. The highest BCUT2D eigenvalue weighted by atomic mass is 32.2. The number of Topliss-reactive ketones (excluding diaryl/α,β-unsaturated/α-hetero) is 1. The maximum Gasteiger partial charge on any atom is 0.408 e. The van der Waals surface area contributed by atoms with Crippen molar-refractivity contribution in [2.45, 2.75) is 39.0 Å². The third-order valence-corrected chi connectivity index (χ3v) is 5.31. The lowest BCUT2D eigenvalue weighted by Gasteiger charge is -2.24. The van der Waals surface area contributed by atoms with E-state index < -0.39 is 63.8 Å². The number of aliphatic carboxylic acids is 1. The second-order valence-corrected chi connectivity index (χ2v) is 8.97. The summed E-state index contributed by atoms with van der Waals surface area (Å²) < 4.78 is 28.3. The molecular formula is C20H26N2O8S. The van der Waals surface area contributed by atoms with Crippen LogP contribution in [-0.4, -0.2) is 55.1 Å². The number of carboxylic acid groups (broad SMARTS) is 1. The highest BCUT2D eigenvalue weighted by Gasteiger charge is 2.31. The van der Waals surface area contributed by atoms with Gasteiger partial charge in [-0.2, -0.15) is 0 Å². The number of carbonyl (C=O) groups excluding carboxylic acids is 3. The van der Waals surface area contributed by atoms with Crippen LogP contribution < -0.4 is 10.6 Å². The minimum Gasteiger partial charge on any atom is -0.481 e. The van der Waals surface area contributed by atoms with Crippen molar-refractivity contribution in [2.75, 3.05) is 5.75 Å². The molecule has 2 amide bonds. The molecule has 0 aliphatic carbocycles. The van der Waals surface area contributed by atoms with Crippen LogP contribution in [0.4, 0.5) is 4.79 Å². The first kappa shape index (κ1) is 25.8. The van der Waals surface area contributed by atoms with Gasteiger partial charge < -0.3 is 20.5 Å². The number of carboxylic acids is 1. The molecule has 2 atom stereocenters. The minimum absolute atomic E-state index is 0.0291. The molecule has 0 unspecified atom stereocenters. The van der Waals surface area contributed by atoms with Crippen LogP contribution in [0.3, 0.4) is 0 Å². The van der Waals surface area contributed by atoms with Crippen LogP contribution in [0.5, 0.6) is 0 Å². The molecule has 0 saturated heterocycles. The van der Waals surface area contributed by atoms with Crippen LogP contribution >= 0.6 is 0 Å². The maximum atomic E-state index is 12.6. The average molecular weight is 455 g/mol. The van der Waals surface area contributed by atoms with Gasteiger partial charge in [0.1, 0.15) is 18.4 Å². The third-order valence-electron chi connectivity index (χ3n) is 4.12. The number of hydrogen-bond donors (Lipinski definition) is 3. The predicted octanol–water partition coefficient (Wildman–Crippen LogP) is 1.02. The zero-order valence-corrected chi connectivity index (χ0v) is 18.1. The second kappa shape index (κ2) is 11.8. The Labute approximate surface area is 180 Å². The second-order valence-electron chi connectivity index (χ2n) is 7.03. The van der Waals surface area contributed by atoms with Gasteiger partial charge >= 0.3 is 12.1 Å². The Hall–Kier alpha value is -3.21. The smallest absolute Gasteiger partial charge is 0.408 e. The summed E-state index contributed by atoms with van der Waals surface area (Å²) in [5, 5.41) is 14.2. The SMILES string of the molecule is C=CS(=O)(=O)CC(=O)[C@H](CC(=O)O)NC(=O)[C@@H](NC(=O)OCc1ccccc1)C(C)C. The van der Waals surface area contributed by atoms with E-state index in [9.17, 15) is 27.6 Å². The molecule has 31 heavy (non-hydrogen) atoms. The fraction of sp³-hybridized carbons (Fsp3) is 0.400. The van der Waals surface area contributed by atoms with E-state index in [4.69, 9.17) is 9.84 Å². The fourth-order valence-corrected chi connectivity index (χ4v) is 3.18. The van der Waals surface area contributed by atoms with Crippen LogP contribution in [0, 0.1) is 5.92 Å². The summed E-state index contributed by atoms with van der Waals surface area (Å²) in [6, 6.07) is 6.10. The Morgan fingerprint density at radius 3 is 2.26 bits per heavy atom. The lowest BCUT2D eigenvalue weighted by Crippen LogP contribution is -2.54. The van der Waals surface area contributed by atoms with Crippen molar-refractivity contribution in [3.8, 4) is 0 Å². The van der Waals surface area contributed by atoms with Gasteiger partial charge in [-0.25, -0.2) is 13.2 Å². The zero-order chi connectivity index (χ0) is 23.6. The lowest BCUT2D eigenvalue weighted by atomic mass is 10.0. The zero-order valence-electron chi connectivity index (χ0n) is 17.2. The summed E-state index contributed by atoms with van der Waals surface area (Å²) in [6.45, 7) is 6.30. The number of rotatable bonds is 12. The van der Waals surface area contributed by atoms with Gasteiger partial charge in [0, 0.05) is 5.41 Å². The minimum atomic E-state index is -3.94. The van der Waals surface area contributed by atoms with Crippen molar-refractivity contribution in [2.24, 2.45) is 5.92 Å². The van der Waals surface area contributed by atoms with Crippen molar-refractivity contribution >= 4 is 33.6 Å². The molecule has 1 rings (SSSR count). The van der Waals surface area contributed by atoms with E-state index in [0.717, 1.165) is 5.56 Å². The van der Waals surface area contributed by atoms with E-state index >= 15 is 0 Å². The van der Waals surface area contributed by atoms with Gasteiger partial charge in [0.2, 0.25) is 5.91 Å². The van der Waals surface area contributed by atoms with Crippen molar-refractivity contribution < 1.29 is 37.4 Å². The van der Waals surface area contributed by atoms with Gasteiger partial charge in [-0.15, -0.1) is 0 Å². The molecule has 0 aliphatic rings. The van der Waals surface area contributed by atoms with Crippen LogP contribution in [0.15, 0.2) is 42.3 Å². The van der Waals surface area contributed by atoms with E-state index in [0.29, 0.717) is 5.41 Å². The molecule has 0 fully saturated rings. The Bertz CT molecular complexity index is 912. The molecule has 0 spiro atoms. The van der Waals surface area contributed by atoms with Crippen molar-refractivity contribution in [1.29, 1.82) is 0 Å². The first-order valence-corrected chi connectivity index (χ1v) is 11.0. The number of carbonyl (C=O) groups is 4. The first-order valence-electron chi connectivity index (χ1n) is 9.32. The molecule has 10 nitrogen and oxygen atoms in total. The molecule has 0 saturated carbocycles. The molecule has 1 aromatic carbocycles. The summed E-state index contributed by atoms with van der Waals surface area (Å²) in [6.07, 6.45) is -1.70. The summed E-state index contributed by atoms with van der Waals surface area (Å²) in [4.78, 5) is 48.0. The molecule has 0 aliphatic heterocycles. The first-order chi connectivity index (χ1) is 14.4. The van der Waals surface area contributed by atoms with Crippen molar-refractivity contribution in [1.82, 2.24) is 10.6 Å². The van der Waals surface area contributed by atoms with Gasteiger partial charge in [-0.05, 0) is 11.5 Å². The third kappa shape index (κ3) is 9.43. The van der Waals surface area contributed by atoms with Crippen LogP contribution in [0.1, 0.15) is 25.8 Å². The Morgan fingerprint density at radius 1 is 1.13 bits per heavy atom. The number of hydrogen-bond acceptors (Lipinski definition) is 7. The topological polar surface area (TPSA) is 156 Å². The molecule has 170 valence electrons. The van der Waals surface area contributed by atoms with Crippen LogP contribution in [0.25, 0.3) is 0 Å². The number of sulfone groups is 1. The number of ether oxygens (including phenoxy) is 1. The number of amides is 2. The summed E-state index contributed by atoms with van der Waals surface area (Å²) in [5.74, 6) is -4.71. The van der Waals surface area contributed by atoms with E-state index in [1.54, 1.807) is 44.2 Å². The largest absolute Gasteiger partial charge is 0.481 e. The van der Waals surface area contributed by atoms with Crippen molar-refractivity contribution in [3.05, 3.63) is 47.9 Å². The quantitative estimate of drug-likeness (QED) is 0.423. The number of nitrogens with one attached hydrogen (secondary N) is 2. The molecule has 0 bridgehead atoms. The fourth-order valence-electron chi connectivity index (χ4n) is 2.47. The van der Waals surface area contributed by atoms with Gasteiger partial charge in [0.25, 0.3) is 0 Å². The average Bonchev–Trinajstić information content (AvgIpc) is 2.69. The van der Waals surface area contributed by atoms with E-state index in [-0.39, 0.29) is 6.61 Å². The highest BCUT2D eigenvalue weighted by Crippen LogP contribution is 2.07. The molecule has 0 heterocycles. The highest BCUT2D eigenvalue weighted by molar-refractivity contribution is 7.94. The summed E-state index contributed by atoms with van der Waals surface area (Å²) in [7, 11) is -3.94. The van der Waals surface area contributed by atoms with Gasteiger partial charge in [0.05, 0.1) is 12.5 Å². The summed E-state index contributed by atoms with van der Waals surface area (Å²) in [5.41, 5.74) is 0.735. The summed E-state index contributed by atoms with van der Waals surface area (Å²) >= 11 is 0. The number of benzene rings is 1. The van der Waals surface area contributed by atoms with E-state index in [2.05, 4.69) is 17.2 Å². The normalized spacial score (nSPS) is 13.0. The van der Waals surface area contributed by atoms with E-state index in [1.165, 1.54) is 0 Å². The molecule has 3 N–H and O–H groups in total. The van der Waals surface area contributed by atoms with E-state index in [1.807, 2.05) is 0 Å². The molecule has 1 aromatic rings. The van der Waals surface area contributed by atoms with Gasteiger partial charge in [-0.3, -0.25) is 14.4 Å². The molecular weight excluding hydrogens is 428 g/mol. The monoisotopic (exact) mass is 454 g/mol. The number of ketones is 1. The number of alkyl carbamates (subject to hydrolysis) is 1. The van der Waals surface area contributed by atoms with Gasteiger partial charge in [-0.1, -0.05) is 50.8 Å². The molecule has 11 heteroatoms. The maximum absolute atomic E-state index is 12.6. The lowest BCUT2D eigenvalue weighted by molar-refractivity contribution is -0.140. The van der Waals surface area contributed by atoms with Crippen molar-refractivity contribution in [3.63, 3.8) is 0 Å².